The maximum atomic E-state index is 11.8. The third-order valence-electron chi connectivity index (χ3n) is 2.37. The van der Waals surface area contributed by atoms with Crippen molar-refractivity contribution in [2.45, 2.75) is 18.2 Å². The highest BCUT2D eigenvalue weighted by molar-refractivity contribution is 6.33. The lowest BCUT2D eigenvalue weighted by atomic mass is 9.92. The molecule has 2 unspecified atom stereocenters. The fourth-order valence-corrected chi connectivity index (χ4v) is 1.67. The van der Waals surface area contributed by atoms with Crippen LogP contribution < -0.4 is 4.74 Å². The molecule has 92 valence electrons. The average molecular weight is 257 g/mol. The molecule has 0 amide bonds. The van der Waals surface area contributed by atoms with E-state index in [1.165, 1.54) is 14.0 Å². The molecule has 1 aromatic carbocycles. The molecule has 1 rings (SSSR count). The number of Topliss-reactive ketones (excluding diaryl/α,β-unsaturated/α-hetero) is 1. The van der Waals surface area contributed by atoms with Crippen molar-refractivity contribution in [2.75, 3.05) is 7.11 Å². The molecule has 4 nitrogen and oxygen atoms in total. The van der Waals surface area contributed by atoms with Gasteiger partial charge in [-0.15, -0.1) is 11.6 Å². The van der Waals surface area contributed by atoms with E-state index in [0.717, 1.165) is 0 Å². The normalized spacial score (nSPS) is 13.8. The summed E-state index contributed by atoms with van der Waals surface area (Å²) in [6.07, 6.45) is 0. The van der Waals surface area contributed by atoms with Gasteiger partial charge in [0.2, 0.25) is 0 Å². The maximum absolute atomic E-state index is 11.8. The van der Waals surface area contributed by atoms with Crippen molar-refractivity contribution >= 4 is 23.4 Å². The van der Waals surface area contributed by atoms with Crippen molar-refractivity contribution in [3.63, 3.8) is 0 Å². The summed E-state index contributed by atoms with van der Waals surface area (Å²) < 4.78 is 5.05. The van der Waals surface area contributed by atoms with E-state index in [0.29, 0.717) is 11.3 Å². The summed E-state index contributed by atoms with van der Waals surface area (Å²) in [5.41, 5.74) is 0.319. The van der Waals surface area contributed by atoms with Crippen LogP contribution in [0, 0.1) is 0 Å². The SMILES string of the molecule is COc1ccccc1C(C(=O)O)C(=O)C(C)Cl. The van der Waals surface area contributed by atoms with Gasteiger partial charge in [0.05, 0.1) is 12.5 Å². The molecule has 0 aliphatic heterocycles. The van der Waals surface area contributed by atoms with Crippen LogP contribution >= 0.6 is 11.6 Å². The smallest absolute Gasteiger partial charge is 0.318 e. The van der Waals surface area contributed by atoms with Crippen LogP contribution in [-0.4, -0.2) is 29.3 Å². The van der Waals surface area contributed by atoms with Crippen LogP contribution in [0.4, 0.5) is 0 Å². The maximum Gasteiger partial charge on any atom is 0.318 e. The topological polar surface area (TPSA) is 63.6 Å². The van der Waals surface area contributed by atoms with Crippen LogP contribution in [-0.2, 0) is 9.59 Å². The van der Waals surface area contributed by atoms with Gasteiger partial charge in [-0.25, -0.2) is 0 Å². The van der Waals surface area contributed by atoms with Gasteiger partial charge < -0.3 is 9.84 Å². The number of para-hydroxylation sites is 1. The molecule has 0 aliphatic carbocycles. The number of hydrogen-bond acceptors (Lipinski definition) is 3. The Hall–Kier alpha value is -1.55. The number of ketones is 1. The summed E-state index contributed by atoms with van der Waals surface area (Å²) in [5.74, 6) is -2.71. The van der Waals surface area contributed by atoms with E-state index in [1.807, 2.05) is 0 Å². The van der Waals surface area contributed by atoms with Crippen LogP contribution in [0.25, 0.3) is 0 Å². The second-order valence-electron chi connectivity index (χ2n) is 3.53. The molecule has 0 radical (unpaired) electrons. The highest BCUT2D eigenvalue weighted by atomic mass is 35.5. The zero-order chi connectivity index (χ0) is 13.0. The quantitative estimate of drug-likeness (QED) is 0.647. The Morgan fingerprint density at radius 2 is 1.94 bits per heavy atom. The van der Waals surface area contributed by atoms with Gasteiger partial charge in [-0.2, -0.15) is 0 Å². The lowest BCUT2D eigenvalue weighted by molar-refractivity contribution is -0.142. The van der Waals surface area contributed by atoms with E-state index in [-0.39, 0.29) is 0 Å². The first kappa shape index (κ1) is 13.5. The highest BCUT2D eigenvalue weighted by Crippen LogP contribution is 2.29. The lowest BCUT2D eigenvalue weighted by Crippen LogP contribution is -2.27. The predicted octanol–water partition coefficient (Wildman–Crippen LogP) is 2.06. The number of hydrogen-bond donors (Lipinski definition) is 1. The van der Waals surface area contributed by atoms with Crippen molar-refractivity contribution in [3.05, 3.63) is 29.8 Å². The Kier molecular flexibility index (Phi) is 4.52. The Morgan fingerprint density at radius 3 is 2.41 bits per heavy atom. The second kappa shape index (κ2) is 5.68. The summed E-state index contributed by atoms with van der Waals surface area (Å²) in [4.78, 5) is 23.0. The molecule has 1 aromatic rings. The number of alkyl halides is 1. The Labute approximate surface area is 104 Å². The molecule has 0 fully saturated rings. The van der Waals surface area contributed by atoms with Gasteiger partial charge in [-0.05, 0) is 13.0 Å². The number of aliphatic carboxylic acids is 1. The number of ether oxygens (including phenoxy) is 1. The van der Waals surface area contributed by atoms with Crippen molar-refractivity contribution < 1.29 is 19.4 Å². The zero-order valence-corrected chi connectivity index (χ0v) is 10.3. The minimum absolute atomic E-state index is 0.319. The molecule has 0 bridgehead atoms. The standard InChI is InChI=1S/C12H13ClO4/c1-7(13)11(14)10(12(15)16)8-5-3-4-6-9(8)17-2/h3-7,10H,1-2H3,(H,15,16). The number of carboxylic acid groups (broad SMARTS) is 1. The first-order valence-electron chi connectivity index (χ1n) is 5.02. The first-order chi connectivity index (χ1) is 7.99. The molecular formula is C12H13ClO4. The average Bonchev–Trinajstić information content (AvgIpc) is 2.29. The number of benzene rings is 1. The largest absolute Gasteiger partial charge is 0.496 e. The summed E-state index contributed by atoms with van der Waals surface area (Å²) >= 11 is 5.66. The highest BCUT2D eigenvalue weighted by Gasteiger charge is 2.32. The molecule has 17 heavy (non-hydrogen) atoms. The molecule has 1 N–H and O–H groups in total. The molecule has 0 saturated carbocycles. The third-order valence-corrected chi connectivity index (χ3v) is 2.59. The number of carbonyl (C=O) groups excluding carboxylic acids is 1. The molecule has 0 aliphatic rings. The molecule has 0 saturated heterocycles. The summed E-state index contributed by atoms with van der Waals surface area (Å²) in [6.45, 7) is 1.45. The molecule has 0 spiro atoms. The van der Waals surface area contributed by atoms with Gasteiger partial charge in [0.25, 0.3) is 0 Å². The molecule has 0 aromatic heterocycles. The minimum Gasteiger partial charge on any atom is -0.496 e. The fourth-order valence-electron chi connectivity index (χ4n) is 1.54. The predicted molar refractivity (Wildman–Crippen MR) is 63.7 cm³/mol. The molecule has 2 atom stereocenters. The van der Waals surface area contributed by atoms with Gasteiger partial charge in [0, 0.05) is 5.56 Å². The summed E-state index contributed by atoms with van der Waals surface area (Å²) in [7, 11) is 1.42. The Morgan fingerprint density at radius 1 is 1.35 bits per heavy atom. The van der Waals surface area contributed by atoms with E-state index in [2.05, 4.69) is 0 Å². The van der Waals surface area contributed by atoms with Gasteiger partial charge in [-0.3, -0.25) is 9.59 Å². The fraction of sp³-hybridized carbons (Fsp3) is 0.333. The van der Waals surface area contributed by atoms with Crippen molar-refractivity contribution in [2.24, 2.45) is 0 Å². The van der Waals surface area contributed by atoms with Gasteiger partial charge >= 0.3 is 5.97 Å². The second-order valence-corrected chi connectivity index (χ2v) is 4.19. The van der Waals surface area contributed by atoms with E-state index < -0.39 is 23.0 Å². The Bertz CT molecular complexity index is 428. The van der Waals surface area contributed by atoms with E-state index >= 15 is 0 Å². The number of methoxy groups -OCH3 is 1. The van der Waals surface area contributed by atoms with E-state index in [9.17, 15) is 9.59 Å². The monoisotopic (exact) mass is 256 g/mol. The number of carbonyl (C=O) groups is 2. The molecule has 5 heteroatoms. The Balaban J connectivity index is 3.23. The van der Waals surface area contributed by atoms with Gasteiger partial charge in [-0.1, -0.05) is 18.2 Å². The third kappa shape index (κ3) is 2.97. The summed E-state index contributed by atoms with van der Waals surface area (Å²) in [6, 6.07) is 6.52. The van der Waals surface area contributed by atoms with Gasteiger partial charge in [0.15, 0.2) is 5.78 Å². The van der Waals surface area contributed by atoms with Crippen LogP contribution in [0.5, 0.6) is 5.75 Å². The first-order valence-corrected chi connectivity index (χ1v) is 5.46. The van der Waals surface area contributed by atoms with Crippen molar-refractivity contribution in [1.29, 1.82) is 0 Å². The van der Waals surface area contributed by atoms with Crippen molar-refractivity contribution in [1.82, 2.24) is 0 Å². The van der Waals surface area contributed by atoms with Crippen LogP contribution in [0.1, 0.15) is 18.4 Å². The van der Waals surface area contributed by atoms with E-state index in [1.54, 1.807) is 24.3 Å². The molecular weight excluding hydrogens is 244 g/mol. The number of rotatable bonds is 5. The van der Waals surface area contributed by atoms with E-state index in [4.69, 9.17) is 21.4 Å². The minimum atomic E-state index is -1.29. The van der Waals surface area contributed by atoms with Gasteiger partial charge in [0.1, 0.15) is 11.7 Å². The van der Waals surface area contributed by atoms with Crippen LogP contribution in [0.15, 0.2) is 24.3 Å². The lowest BCUT2D eigenvalue weighted by Gasteiger charge is -2.15. The summed E-state index contributed by atoms with van der Waals surface area (Å²) in [5, 5.41) is 8.27. The zero-order valence-electron chi connectivity index (χ0n) is 9.51. The van der Waals surface area contributed by atoms with Crippen LogP contribution in [0.3, 0.4) is 0 Å². The van der Waals surface area contributed by atoms with Crippen molar-refractivity contribution in [3.8, 4) is 5.75 Å². The number of carboxylic acids is 1. The van der Waals surface area contributed by atoms with Crippen LogP contribution in [0.2, 0.25) is 0 Å². The molecule has 0 heterocycles. The number of halogens is 1.